The molecule has 0 spiro atoms. The van der Waals surface area contributed by atoms with Crippen molar-refractivity contribution < 1.29 is 4.48 Å². The van der Waals surface area contributed by atoms with Crippen molar-refractivity contribution in [2.24, 2.45) is 10.7 Å². The second-order valence-electron chi connectivity index (χ2n) is 4.29. The number of quaternary nitrogens is 1. The minimum atomic E-state index is 0.383. The lowest BCUT2D eigenvalue weighted by molar-refractivity contribution is -0.807. The summed E-state index contributed by atoms with van der Waals surface area (Å²) in [4.78, 5) is 4.27. The van der Waals surface area contributed by atoms with E-state index in [4.69, 9.17) is 5.73 Å². The molecule has 0 amide bonds. The summed E-state index contributed by atoms with van der Waals surface area (Å²) in [6, 6.07) is 0.383. The minimum absolute atomic E-state index is 0.383. The van der Waals surface area contributed by atoms with E-state index in [0.29, 0.717) is 6.04 Å². The molecule has 3 heteroatoms. The van der Waals surface area contributed by atoms with Gasteiger partial charge in [0.05, 0.1) is 20.1 Å². The molecule has 2 unspecified atom stereocenters. The molecular weight excluding hydrogens is 162 g/mol. The molecule has 0 saturated carbocycles. The quantitative estimate of drug-likeness (QED) is 0.636. The topological polar surface area (TPSA) is 38.4 Å². The van der Waals surface area contributed by atoms with Gasteiger partial charge < -0.3 is 5.73 Å². The van der Waals surface area contributed by atoms with Crippen molar-refractivity contribution in [1.82, 2.24) is 0 Å². The van der Waals surface area contributed by atoms with Crippen LogP contribution < -0.4 is 5.73 Å². The Bertz CT molecular complexity index is 179. The summed E-state index contributed by atoms with van der Waals surface area (Å²) in [6.45, 7) is 5.47. The Morgan fingerprint density at radius 3 is 2.85 bits per heavy atom. The first kappa shape index (κ1) is 10.7. The third-order valence-corrected chi connectivity index (χ3v) is 2.77. The molecule has 1 heterocycles. The van der Waals surface area contributed by atoms with Gasteiger partial charge in [-0.1, -0.05) is 13.3 Å². The van der Waals surface area contributed by atoms with Crippen molar-refractivity contribution in [3.63, 3.8) is 0 Å². The number of rotatable bonds is 5. The Kier molecular flexibility index (Phi) is 3.88. The number of hydrogen-bond donors (Lipinski definition) is 1. The van der Waals surface area contributed by atoms with Crippen molar-refractivity contribution in [2.75, 3.05) is 26.7 Å². The molecule has 0 radical (unpaired) electrons. The largest absolute Gasteiger partial charge is 0.327 e. The lowest BCUT2D eigenvalue weighted by Gasteiger charge is -2.26. The molecule has 2 atom stereocenters. The van der Waals surface area contributed by atoms with Gasteiger partial charge in [0.2, 0.25) is 0 Å². The first-order valence-corrected chi connectivity index (χ1v) is 5.27. The van der Waals surface area contributed by atoms with Crippen molar-refractivity contribution in [2.45, 2.75) is 32.2 Å². The first-order valence-electron chi connectivity index (χ1n) is 5.27. The highest BCUT2D eigenvalue weighted by Crippen LogP contribution is 2.08. The normalized spacial score (nSPS) is 29.5. The molecule has 0 aromatic heterocycles. The van der Waals surface area contributed by atoms with E-state index in [1.807, 2.05) is 0 Å². The Hall–Kier alpha value is -0.410. The molecule has 0 fully saturated rings. The zero-order chi connectivity index (χ0) is 9.73. The van der Waals surface area contributed by atoms with Gasteiger partial charge >= 0.3 is 0 Å². The van der Waals surface area contributed by atoms with Gasteiger partial charge in [-0.3, -0.25) is 4.48 Å². The van der Waals surface area contributed by atoms with Gasteiger partial charge in [-0.05, 0) is 6.42 Å². The molecule has 1 rings (SSSR count). The van der Waals surface area contributed by atoms with Crippen LogP contribution in [0.1, 0.15) is 26.2 Å². The van der Waals surface area contributed by atoms with E-state index in [2.05, 4.69) is 25.3 Å². The van der Waals surface area contributed by atoms with Gasteiger partial charge in [0, 0.05) is 12.5 Å². The highest BCUT2D eigenvalue weighted by Gasteiger charge is 2.23. The van der Waals surface area contributed by atoms with Crippen LogP contribution in [0.15, 0.2) is 4.99 Å². The van der Waals surface area contributed by atoms with Gasteiger partial charge in [-0.25, -0.2) is 4.99 Å². The standard InChI is InChI=1S/C10H22N3/c1-3-4-10(11)5-7-13(2)8-6-12-9-13/h9-10H,3-8,11H2,1-2H3/q+1. The number of likely N-dealkylation sites (N-methyl/N-ethyl adjacent to an activating group) is 1. The molecule has 13 heavy (non-hydrogen) atoms. The first-order chi connectivity index (χ1) is 6.16. The summed E-state index contributed by atoms with van der Waals surface area (Å²) in [5, 5.41) is 0. The van der Waals surface area contributed by atoms with E-state index in [1.165, 1.54) is 6.42 Å². The lowest BCUT2D eigenvalue weighted by Crippen LogP contribution is -2.43. The molecule has 1 aliphatic rings. The van der Waals surface area contributed by atoms with Crippen molar-refractivity contribution in [3.05, 3.63) is 0 Å². The Morgan fingerprint density at radius 1 is 1.54 bits per heavy atom. The van der Waals surface area contributed by atoms with Crippen molar-refractivity contribution in [1.29, 1.82) is 0 Å². The van der Waals surface area contributed by atoms with E-state index >= 15 is 0 Å². The van der Waals surface area contributed by atoms with Crippen LogP contribution >= 0.6 is 0 Å². The fourth-order valence-electron chi connectivity index (χ4n) is 1.74. The Balaban J connectivity index is 2.21. The third-order valence-electron chi connectivity index (χ3n) is 2.77. The molecule has 0 aromatic rings. The predicted molar refractivity (Wildman–Crippen MR) is 56.8 cm³/mol. The average molecular weight is 184 g/mol. The molecule has 76 valence electrons. The van der Waals surface area contributed by atoms with Crippen LogP contribution in [-0.4, -0.2) is 43.5 Å². The van der Waals surface area contributed by atoms with Crippen LogP contribution in [0.5, 0.6) is 0 Å². The fraction of sp³-hybridized carbons (Fsp3) is 0.900. The summed E-state index contributed by atoms with van der Waals surface area (Å²) in [5.74, 6) is 0. The van der Waals surface area contributed by atoms with Crippen LogP contribution in [0.2, 0.25) is 0 Å². The van der Waals surface area contributed by atoms with E-state index in [0.717, 1.165) is 37.0 Å². The van der Waals surface area contributed by atoms with Gasteiger partial charge in [-0.15, -0.1) is 0 Å². The SMILES string of the molecule is CCCC(N)CC[N+]1(C)C=NCC1. The summed E-state index contributed by atoms with van der Waals surface area (Å²) in [6.07, 6.45) is 5.53. The van der Waals surface area contributed by atoms with Crippen LogP contribution in [0.25, 0.3) is 0 Å². The number of nitrogens with two attached hydrogens (primary N) is 1. The third kappa shape index (κ3) is 3.44. The van der Waals surface area contributed by atoms with E-state index < -0.39 is 0 Å². The van der Waals surface area contributed by atoms with Gasteiger partial charge in [-0.2, -0.15) is 0 Å². The molecule has 1 aliphatic heterocycles. The molecule has 0 aliphatic carbocycles. The summed E-state index contributed by atoms with van der Waals surface area (Å²) in [5.41, 5.74) is 5.97. The van der Waals surface area contributed by atoms with Gasteiger partial charge in [0.15, 0.2) is 6.34 Å². The number of aliphatic imine (C=N–C) groups is 1. The molecule has 0 bridgehead atoms. The fourth-order valence-corrected chi connectivity index (χ4v) is 1.74. The van der Waals surface area contributed by atoms with Crippen LogP contribution in [0, 0.1) is 0 Å². The molecule has 0 aromatic carbocycles. The number of hydrogen-bond acceptors (Lipinski definition) is 2. The maximum absolute atomic E-state index is 5.97. The maximum atomic E-state index is 5.97. The zero-order valence-electron chi connectivity index (χ0n) is 8.87. The van der Waals surface area contributed by atoms with Gasteiger partial charge in [0.25, 0.3) is 0 Å². The average Bonchev–Trinajstić information content (AvgIpc) is 2.51. The molecule has 2 N–H and O–H groups in total. The van der Waals surface area contributed by atoms with Crippen molar-refractivity contribution in [3.8, 4) is 0 Å². The molecular formula is C10H22N3+. The lowest BCUT2D eigenvalue weighted by atomic mass is 10.1. The van der Waals surface area contributed by atoms with Gasteiger partial charge in [0.1, 0.15) is 6.54 Å². The smallest absolute Gasteiger partial charge is 0.185 e. The summed E-state index contributed by atoms with van der Waals surface area (Å²) in [7, 11) is 2.23. The molecule has 3 nitrogen and oxygen atoms in total. The summed E-state index contributed by atoms with van der Waals surface area (Å²) < 4.78 is 0.984. The van der Waals surface area contributed by atoms with E-state index in [9.17, 15) is 0 Å². The minimum Gasteiger partial charge on any atom is -0.327 e. The van der Waals surface area contributed by atoms with Crippen LogP contribution in [0.4, 0.5) is 0 Å². The Morgan fingerprint density at radius 2 is 2.31 bits per heavy atom. The highest BCUT2D eigenvalue weighted by atomic mass is 15.4. The number of nitrogens with zero attached hydrogens (tertiary/aromatic N) is 2. The Labute approximate surface area is 81.2 Å². The van der Waals surface area contributed by atoms with Crippen LogP contribution in [0.3, 0.4) is 0 Å². The predicted octanol–water partition coefficient (Wildman–Crippen LogP) is 0.992. The van der Waals surface area contributed by atoms with Crippen LogP contribution in [-0.2, 0) is 0 Å². The zero-order valence-corrected chi connectivity index (χ0v) is 8.87. The second kappa shape index (κ2) is 4.72. The monoisotopic (exact) mass is 184 g/mol. The molecule has 0 saturated heterocycles. The summed E-state index contributed by atoms with van der Waals surface area (Å²) >= 11 is 0. The van der Waals surface area contributed by atoms with E-state index in [-0.39, 0.29) is 0 Å². The second-order valence-corrected chi connectivity index (χ2v) is 4.29. The maximum Gasteiger partial charge on any atom is 0.185 e. The van der Waals surface area contributed by atoms with E-state index in [1.54, 1.807) is 0 Å². The van der Waals surface area contributed by atoms with Crippen molar-refractivity contribution >= 4 is 6.34 Å². The highest BCUT2D eigenvalue weighted by molar-refractivity contribution is 5.47.